The molecule has 0 radical (unpaired) electrons. The zero-order chi connectivity index (χ0) is 17.8. The van der Waals surface area contributed by atoms with E-state index in [1.54, 1.807) is 12.3 Å². The third-order valence-electron chi connectivity index (χ3n) is 3.89. The fraction of sp³-hybridized carbons (Fsp3) is 0.200. The molecule has 0 aliphatic carbocycles. The monoisotopic (exact) mass is 337 g/mol. The van der Waals surface area contributed by atoms with Crippen molar-refractivity contribution in [2.45, 2.75) is 26.3 Å². The maximum absolute atomic E-state index is 13.3. The first-order valence-electron chi connectivity index (χ1n) is 8.20. The summed E-state index contributed by atoms with van der Waals surface area (Å²) in [7, 11) is 0. The molecule has 1 amide bonds. The molecule has 4 nitrogen and oxygen atoms in total. The topological polar surface area (TPSA) is 46.9 Å². The first-order valence-corrected chi connectivity index (χ1v) is 8.20. The quantitative estimate of drug-likeness (QED) is 0.748. The zero-order valence-corrected chi connectivity index (χ0v) is 14.2. The maximum atomic E-state index is 13.3. The molecule has 0 atom stereocenters. The van der Waals surface area contributed by atoms with E-state index in [1.807, 2.05) is 30.5 Å². The predicted molar refractivity (Wildman–Crippen MR) is 96.2 cm³/mol. The molecule has 0 unspecified atom stereocenters. The van der Waals surface area contributed by atoms with E-state index in [-0.39, 0.29) is 5.91 Å². The van der Waals surface area contributed by atoms with Crippen LogP contribution in [0.1, 0.15) is 41.5 Å². The van der Waals surface area contributed by atoms with Crippen LogP contribution in [0, 0.1) is 5.82 Å². The Balaban J connectivity index is 1.75. The van der Waals surface area contributed by atoms with Crippen molar-refractivity contribution >= 4 is 11.6 Å². The molecule has 0 fully saturated rings. The number of carbonyl (C=O) groups excluding carboxylic acids is 1. The minimum Gasteiger partial charge on any atom is -0.330 e. The number of carbonyl (C=O) groups is 1. The Kier molecular flexibility index (Phi) is 4.93. The van der Waals surface area contributed by atoms with Gasteiger partial charge >= 0.3 is 0 Å². The van der Waals surface area contributed by atoms with Crippen molar-refractivity contribution in [3.8, 4) is 0 Å². The Morgan fingerprint density at radius 1 is 1.20 bits per heavy atom. The van der Waals surface area contributed by atoms with Crippen molar-refractivity contribution in [1.29, 1.82) is 0 Å². The van der Waals surface area contributed by atoms with Gasteiger partial charge in [-0.3, -0.25) is 4.79 Å². The molecule has 2 aromatic carbocycles. The fourth-order valence-electron chi connectivity index (χ4n) is 2.73. The lowest BCUT2D eigenvalue weighted by atomic mass is 10.1. The summed E-state index contributed by atoms with van der Waals surface area (Å²) in [5.41, 5.74) is 2.03. The van der Waals surface area contributed by atoms with Crippen LogP contribution >= 0.6 is 0 Å². The van der Waals surface area contributed by atoms with Crippen LogP contribution in [0.25, 0.3) is 0 Å². The maximum Gasteiger partial charge on any atom is 0.255 e. The summed E-state index contributed by atoms with van der Waals surface area (Å²) < 4.78 is 15.4. The Morgan fingerprint density at radius 3 is 2.76 bits per heavy atom. The number of nitrogens with one attached hydrogen (secondary N) is 1. The van der Waals surface area contributed by atoms with Crippen LogP contribution in [0.5, 0.6) is 0 Å². The number of amides is 1. The average molecular weight is 337 g/mol. The molecule has 128 valence electrons. The van der Waals surface area contributed by atoms with Gasteiger partial charge in [-0.2, -0.15) is 0 Å². The molecule has 3 aromatic rings. The van der Waals surface area contributed by atoms with Crippen molar-refractivity contribution in [1.82, 2.24) is 9.55 Å². The van der Waals surface area contributed by atoms with Gasteiger partial charge in [0.15, 0.2) is 0 Å². The molecule has 5 heteroatoms. The van der Waals surface area contributed by atoms with E-state index in [2.05, 4.69) is 28.7 Å². The minimum atomic E-state index is -0.428. The van der Waals surface area contributed by atoms with E-state index < -0.39 is 5.82 Å². The van der Waals surface area contributed by atoms with Crippen LogP contribution in [0.4, 0.5) is 10.1 Å². The molecule has 0 bridgehead atoms. The molecular weight excluding hydrogens is 317 g/mol. The van der Waals surface area contributed by atoms with E-state index in [0.717, 1.165) is 11.4 Å². The van der Waals surface area contributed by atoms with Gasteiger partial charge in [-0.15, -0.1) is 0 Å². The summed E-state index contributed by atoms with van der Waals surface area (Å²) >= 11 is 0. The molecular formula is C20H20FN3O. The molecule has 0 aliphatic rings. The number of halogens is 1. The van der Waals surface area contributed by atoms with Crippen molar-refractivity contribution in [3.05, 3.63) is 83.7 Å². The normalized spacial score (nSPS) is 10.9. The highest BCUT2D eigenvalue weighted by Gasteiger charge is 2.09. The number of hydrogen-bond acceptors (Lipinski definition) is 2. The van der Waals surface area contributed by atoms with E-state index in [4.69, 9.17) is 0 Å². The van der Waals surface area contributed by atoms with Crippen molar-refractivity contribution in [3.63, 3.8) is 0 Å². The summed E-state index contributed by atoms with van der Waals surface area (Å²) in [6.07, 6.45) is 3.75. The van der Waals surface area contributed by atoms with Gasteiger partial charge < -0.3 is 9.88 Å². The van der Waals surface area contributed by atoms with E-state index in [9.17, 15) is 9.18 Å². The molecule has 1 heterocycles. The Hall–Kier alpha value is -2.95. The van der Waals surface area contributed by atoms with Crippen LogP contribution < -0.4 is 5.32 Å². The van der Waals surface area contributed by atoms with Crippen molar-refractivity contribution < 1.29 is 9.18 Å². The zero-order valence-electron chi connectivity index (χ0n) is 14.2. The summed E-state index contributed by atoms with van der Waals surface area (Å²) in [6, 6.07) is 13.3. The molecule has 1 aromatic heterocycles. The second-order valence-corrected chi connectivity index (χ2v) is 6.23. The number of aromatic nitrogens is 2. The Labute approximate surface area is 146 Å². The average Bonchev–Trinajstić information content (AvgIpc) is 3.03. The van der Waals surface area contributed by atoms with Crippen LogP contribution in [0.3, 0.4) is 0 Å². The third kappa shape index (κ3) is 4.12. The van der Waals surface area contributed by atoms with Gasteiger partial charge in [-0.05, 0) is 35.9 Å². The Morgan fingerprint density at radius 2 is 2.00 bits per heavy atom. The van der Waals surface area contributed by atoms with E-state index >= 15 is 0 Å². The van der Waals surface area contributed by atoms with Gasteiger partial charge in [-0.1, -0.05) is 32.0 Å². The molecule has 1 N–H and O–H groups in total. The lowest BCUT2D eigenvalue weighted by Gasteiger charge is -2.12. The largest absolute Gasteiger partial charge is 0.330 e. The predicted octanol–water partition coefficient (Wildman–Crippen LogP) is 4.45. The van der Waals surface area contributed by atoms with E-state index in [1.165, 1.54) is 18.2 Å². The molecule has 3 rings (SSSR count). The van der Waals surface area contributed by atoms with Gasteiger partial charge in [-0.25, -0.2) is 9.37 Å². The second kappa shape index (κ2) is 7.30. The molecule has 0 saturated carbocycles. The third-order valence-corrected chi connectivity index (χ3v) is 3.89. The van der Waals surface area contributed by atoms with Crippen LogP contribution in [-0.4, -0.2) is 15.5 Å². The smallest absolute Gasteiger partial charge is 0.255 e. The highest BCUT2D eigenvalue weighted by molar-refractivity contribution is 6.04. The summed E-state index contributed by atoms with van der Waals surface area (Å²) in [4.78, 5) is 16.6. The van der Waals surface area contributed by atoms with E-state index in [0.29, 0.717) is 23.7 Å². The number of benzene rings is 2. The number of nitrogens with zero attached hydrogens (tertiary/aromatic N) is 2. The molecule has 25 heavy (non-hydrogen) atoms. The number of rotatable bonds is 5. The molecule has 0 spiro atoms. The minimum absolute atomic E-state index is 0.294. The van der Waals surface area contributed by atoms with Gasteiger partial charge in [0.25, 0.3) is 5.91 Å². The SMILES string of the molecule is CC(C)c1nccn1Cc1cccc(NC(=O)c2cccc(F)c2)c1. The van der Waals surface area contributed by atoms with Crippen LogP contribution in [-0.2, 0) is 6.54 Å². The highest BCUT2D eigenvalue weighted by atomic mass is 19.1. The first kappa shape index (κ1) is 16.9. The van der Waals surface area contributed by atoms with Gasteiger partial charge in [0, 0.05) is 36.1 Å². The fourth-order valence-corrected chi connectivity index (χ4v) is 2.73. The molecule has 0 aliphatic heterocycles. The highest BCUT2D eigenvalue weighted by Crippen LogP contribution is 2.17. The van der Waals surface area contributed by atoms with Crippen LogP contribution in [0.2, 0.25) is 0 Å². The number of hydrogen-bond donors (Lipinski definition) is 1. The Bertz CT molecular complexity index is 886. The number of anilines is 1. The van der Waals surface area contributed by atoms with Gasteiger partial charge in [0.1, 0.15) is 11.6 Å². The van der Waals surface area contributed by atoms with Gasteiger partial charge in [0.05, 0.1) is 0 Å². The first-order chi connectivity index (χ1) is 12.0. The van der Waals surface area contributed by atoms with Gasteiger partial charge in [0.2, 0.25) is 0 Å². The van der Waals surface area contributed by atoms with Crippen molar-refractivity contribution in [2.75, 3.05) is 5.32 Å². The second-order valence-electron chi connectivity index (χ2n) is 6.23. The lowest BCUT2D eigenvalue weighted by Crippen LogP contribution is -2.12. The standard InChI is InChI=1S/C20H20FN3O/c1-14(2)19-22-9-10-24(19)13-15-5-3-8-18(11-15)23-20(25)16-6-4-7-17(21)12-16/h3-12,14H,13H2,1-2H3,(H,23,25). The number of imidazole rings is 1. The summed E-state index contributed by atoms with van der Waals surface area (Å²) in [5, 5.41) is 2.81. The molecule has 0 saturated heterocycles. The lowest BCUT2D eigenvalue weighted by molar-refractivity contribution is 0.102. The van der Waals surface area contributed by atoms with Crippen molar-refractivity contribution in [2.24, 2.45) is 0 Å². The summed E-state index contributed by atoms with van der Waals surface area (Å²) in [6.45, 7) is 4.89. The van der Waals surface area contributed by atoms with Crippen LogP contribution in [0.15, 0.2) is 60.9 Å². The summed E-state index contributed by atoms with van der Waals surface area (Å²) in [5.74, 6) is 0.602.